The van der Waals surface area contributed by atoms with Gasteiger partial charge in [0, 0.05) is 32.4 Å². The highest BCUT2D eigenvalue weighted by Crippen LogP contribution is 2.23. The molecule has 1 aromatic rings. The summed E-state index contributed by atoms with van der Waals surface area (Å²) >= 11 is 6.30. The number of rotatable bonds is 4. The van der Waals surface area contributed by atoms with Crippen LogP contribution in [0.25, 0.3) is 0 Å². The van der Waals surface area contributed by atoms with E-state index in [2.05, 4.69) is 10.3 Å². The lowest BCUT2D eigenvalue weighted by atomic mass is 10.0. The standard InChI is InChI=1S/C17H24ClN3O2/c18-15-9-14(17(22)21-6-2-1-3-7-21)11-20-16(15)19-10-13-5-4-8-23-12-13/h9,11,13H,1-8,10,12H2,(H,19,20). The maximum absolute atomic E-state index is 12.5. The van der Waals surface area contributed by atoms with E-state index in [0.29, 0.717) is 22.3 Å². The number of likely N-dealkylation sites (tertiary alicyclic amines) is 1. The summed E-state index contributed by atoms with van der Waals surface area (Å²) in [5.41, 5.74) is 0.573. The molecule has 6 heteroatoms. The number of aromatic nitrogens is 1. The van der Waals surface area contributed by atoms with E-state index in [0.717, 1.165) is 58.5 Å². The smallest absolute Gasteiger partial charge is 0.255 e. The second-order valence-electron chi connectivity index (χ2n) is 6.37. The number of nitrogens with one attached hydrogen (secondary N) is 1. The van der Waals surface area contributed by atoms with Crippen LogP contribution in [-0.2, 0) is 4.74 Å². The summed E-state index contributed by atoms with van der Waals surface area (Å²) in [6, 6.07) is 1.73. The van der Waals surface area contributed by atoms with E-state index in [9.17, 15) is 4.79 Å². The van der Waals surface area contributed by atoms with Crippen LogP contribution in [0.5, 0.6) is 0 Å². The number of hydrogen-bond donors (Lipinski definition) is 1. The highest BCUT2D eigenvalue weighted by atomic mass is 35.5. The summed E-state index contributed by atoms with van der Waals surface area (Å²) in [5.74, 6) is 1.18. The van der Waals surface area contributed by atoms with Gasteiger partial charge >= 0.3 is 0 Å². The molecule has 0 saturated carbocycles. The molecular formula is C17H24ClN3O2. The van der Waals surface area contributed by atoms with Gasteiger partial charge in [-0.05, 0) is 44.1 Å². The predicted octanol–water partition coefficient (Wildman–Crippen LogP) is 3.20. The number of pyridine rings is 1. The van der Waals surface area contributed by atoms with Crippen LogP contribution in [0.1, 0.15) is 42.5 Å². The van der Waals surface area contributed by atoms with Crippen LogP contribution in [-0.4, -0.2) is 48.6 Å². The van der Waals surface area contributed by atoms with Crippen LogP contribution in [0.15, 0.2) is 12.3 Å². The van der Waals surface area contributed by atoms with Crippen LogP contribution >= 0.6 is 11.6 Å². The maximum atomic E-state index is 12.5. The second-order valence-corrected chi connectivity index (χ2v) is 6.78. The molecular weight excluding hydrogens is 314 g/mol. The minimum atomic E-state index is 0.0336. The van der Waals surface area contributed by atoms with Crippen molar-refractivity contribution in [2.45, 2.75) is 32.1 Å². The Balaban J connectivity index is 1.59. The molecule has 0 aromatic carbocycles. The number of carbonyl (C=O) groups is 1. The number of amides is 1. The Labute approximate surface area is 142 Å². The molecule has 1 N–H and O–H groups in total. The Morgan fingerprint density at radius 3 is 2.87 bits per heavy atom. The van der Waals surface area contributed by atoms with Crippen LogP contribution < -0.4 is 5.32 Å². The first-order valence-electron chi connectivity index (χ1n) is 8.50. The summed E-state index contributed by atoms with van der Waals surface area (Å²) in [5, 5.41) is 3.78. The third-order valence-electron chi connectivity index (χ3n) is 4.54. The van der Waals surface area contributed by atoms with Crippen molar-refractivity contribution >= 4 is 23.3 Å². The lowest BCUT2D eigenvalue weighted by Gasteiger charge is -2.26. The Hall–Kier alpha value is -1.33. The summed E-state index contributed by atoms with van der Waals surface area (Å²) in [7, 11) is 0. The van der Waals surface area contributed by atoms with Crippen LogP contribution in [0.2, 0.25) is 5.02 Å². The average Bonchev–Trinajstić information content (AvgIpc) is 2.61. The zero-order chi connectivity index (χ0) is 16.1. The summed E-state index contributed by atoms with van der Waals surface area (Å²) in [6.45, 7) is 4.11. The number of anilines is 1. The number of ether oxygens (including phenoxy) is 1. The normalized spacial score (nSPS) is 22.0. The van der Waals surface area contributed by atoms with Gasteiger partial charge in [0.05, 0.1) is 17.2 Å². The number of nitrogens with zero attached hydrogens (tertiary/aromatic N) is 2. The minimum absolute atomic E-state index is 0.0336. The van der Waals surface area contributed by atoms with Gasteiger partial charge in [0.2, 0.25) is 0 Å². The molecule has 0 spiro atoms. The third kappa shape index (κ3) is 4.36. The van der Waals surface area contributed by atoms with E-state index in [4.69, 9.17) is 16.3 Å². The summed E-state index contributed by atoms with van der Waals surface area (Å²) in [4.78, 5) is 18.7. The van der Waals surface area contributed by atoms with Crippen LogP contribution in [0, 0.1) is 5.92 Å². The molecule has 1 amide bonds. The van der Waals surface area contributed by atoms with Crippen molar-refractivity contribution in [1.29, 1.82) is 0 Å². The van der Waals surface area contributed by atoms with Crippen molar-refractivity contribution in [3.8, 4) is 0 Å². The Morgan fingerprint density at radius 1 is 1.35 bits per heavy atom. The molecule has 1 atom stereocenters. The quantitative estimate of drug-likeness (QED) is 0.916. The summed E-state index contributed by atoms with van der Waals surface area (Å²) < 4.78 is 5.47. The van der Waals surface area contributed by atoms with Crippen molar-refractivity contribution in [2.24, 2.45) is 5.92 Å². The summed E-state index contributed by atoms with van der Waals surface area (Å²) in [6.07, 6.45) is 7.26. The van der Waals surface area contributed by atoms with E-state index in [1.807, 2.05) is 4.90 Å². The first-order valence-corrected chi connectivity index (χ1v) is 8.88. The van der Waals surface area contributed by atoms with E-state index < -0.39 is 0 Å². The predicted molar refractivity (Wildman–Crippen MR) is 91.0 cm³/mol. The SMILES string of the molecule is O=C(c1cnc(NCC2CCCOC2)c(Cl)c1)N1CCCCC1. The minimum Gasteiger partial charge on any atom is -0.381 e. The van der Waals surface area contributed by atoms with Gasteiger partial charge in [-0.1, -0.05) is 11.6 Å². The lowest BCUT2D eigenvalue weighted by molar-refractivity contribution is 0.0595. The highest BCUT2D eigenvalue weighted by Gasteiger charge is 2.20. The Bertz CT molecular complexity index is 541. The molecule has 5 nitrogen and oxygen atoms in total. The number of carbonyl (C=O) groups excluding carboxylic acids is 1. The van der Waals surface area contributed by atoms with Gasteiger partial charge in [-0.25, -0.2) is 4.98 Å². The molecule has 1 aromatic heterocycles. The van der Waals surface area contributed by atoms with Crippen molar-refractivity contribution < 1.29 is 9.53 Å². The zero-order valence-electron chi connectivity index (χ0n) is 13.4. The van der Waals surface area contributed by atoms with Gasteiger partial charge < -0.3 is 15.0 Å². The fourth-order valence-corrected chi connectivity index (χ4v) is 3.41. The molecule has 2 aliphatic rings. The Kier molecular flexibility index (Phi) is 5.73. The fraction of sp³-hybridized carbons (Fsp3) is 0.647. The van der Waals surface area contributed by atoms with Gasteiger partial charge in [-0.15, -0.1) is 0 Å². The number of hydrogen-bond acceptors (Lipinski definition) is 4. The fourth-order valence-electron chi connectivity index (χ4n) is 3.17. The molecule has 2 fully saturated rings. The van der Waals surface area contributed by atoms with Gasteiger partial charge in [-0.3, -0.25) is 4.79 Å². The van der Waals surface area contributed by atoms with E-state index in [-0.39, 0.29) is 5.91 Å². The van der Waals surface area contributed by atoms with Crippen molar-refractivity contribution in [3.63, 3.8) is 0 Å². The highest BCUT2D eigenvalue weighted by molar-refractivity contribution is 6.33. The number of halogens is 1. The number of piperidine rings is 1. The molecule has 3 rings (SSSR count). The average molecular weight is 338 g/mol. The molecule has 23 heavy (non-hydrogen) atoms. The topological polar surface area (TPSA) is 54.5 Å². The molecule has 1 unspecified atom stereocenters. The van der Waals surface area contributed by atoms with E-state index >= 15 is 0 Å². The maximum Gasteiger partial charge on any atom is 0.255 e. The van der Waals surface area contributed by atoms with E-state index in [1.165, 1.54) is 6.42 Å². The molecule has 126 valence electrons. The van der Waals surface area contributed by atoms with Crippen molar-refractivity contribution in [2.75, 3.05) is 38.2 Å². The van der Waals surface area contributed by atoms with Crippen LogP contribution in [0.3, 0.4) is 0 Å². The zero-order valence-corrected chi connectivity index (χ0v) is 14.1. The van der Waals surface area contributed by atoms with Gasteiger partial charge in [0.15, 0.2) is 0 Å². The Morgan fingerprint density at radius 2 is 2.17 bits per heavy atom. The van der Waals surface area contributed by atoms with Crippen molar-refractivity contribution in [3.05, 3.63) is 22.8 Å². The molecule has 0 aliphatic carbocycles. The van der Waals surface area contributed by atoms with E-state index in [1.54, 1.807) is 12.3 Å². The van der Waals surface area contributed by atoms with Gasteiger partial charge in [0.1, 0.15) is 5.82 Å². The monoisotopic (exact) mass is 337 g/mol. The van der Waals surface area contributed by atoms with Gasteiger partial charge in [0.25, 0.3) is 5.91 Å². The lowest BCUT2D eigenvalue weighted by Crippen LogP contribution is -2.35. The molecule has 0 bridgehead atoms. The largest absolute Gasteiger partial charge is 0.381 e. The molecule has 0 radical (unpaired) electrons. The van der Waals surface area contributed by atoms with Gasteiger partial charge in [-0.2, -0.15) is 0 Å². The first-order chi connectivity index (χ1) is 11.2. The second kappa shape index (κ2) is 7.97. The third-order valence-corrected chi connectivity index (χ3v) is 4.83. The molecule has 3 heterocycles. The molecule has 2 aliphatic heterocycles. The van der Waals surface area contributed by atoms with Crippen molar-refractivity contribution in [1.82, 2.24) is 9.88 Å². The van der Waals surface area contributed by atoms with Crippen LogP contribution in [0.4, 0.5) is 5.82 Å². The molecule has 2 saturated heterocycles. The first kappa shape index (κ1) is 16.5.